The number of anilines is 1. The Hall–Kier alpha value is -2.66. The number of hydrogen-bond donors (Lipinski definition) is 2. The van der Waals surface area contributed by atoms with Crippen LogP contribution in [-0.2, 0) is 13.5 Å². The smallest absolute Gasteiger partial charge is 0.356 e. The van der Waals surface area contributed by atoms with Gasteiger partial charge in [-0.05, 0) is 36.2 Å². The van der Waals surface area contributed by atoms with Crippen molar-refractivity contribution in [1.82, 2.24) is 4.57 Å². The molecule has 3 aromatic rings. The number of nitrogen functional groups attached to an aromatic ring is 1. The summed E-state index contributed by atoms with van der Waals surface area (Å²) in [6.45, 7) is 2.02. The number of carbonyl (C=O) groups is 1. The maximum absolute atomic E-state index is 11.8. The maximum Gasteiger partial charge on any atom is 0.356 e. The molecule has 0 aliphatic carbocycles. The average molecular weight is 345 g/mol. The van der Waals surface area contributed by atoms with Gasteiger partial charge in [-0.3, -0.25) is 0 Å². The second-order valence-corrected chi connectivity index (χ2v) is 5.93. The number of aryl methyl sites for hydroxylation is 2. The number of nitrogens with two attached hydrogens (primary N) is 1. The van der Waals surface area contributed by atoms with Crippen LogP contribution < -0.4 is 10.5 Å². The van der Waals surface area contributed by atoms with E-state index < -0.39 is 5.97 Å². The Morgan fingerprint density at radius 3 is 2.71 bits per heavy atom. The third kappa shape index (κ3) is 2.57. The first kappa shape index (κ1) is 16.2. The van der Waals surface area contributed by atoms with E-state index in [2.05, 4.69) is 0 Å². The van der Waals surface area contributed by atoms with E-state index in [1.54, 1.807) is 29.8 Å². The van der Waals surface area contributed by atoms with Crippen LogP contribution in [0.4, 0.5) is 5.69 Å². The van der Waals surface area contributed by atoms with E-state index in [0.717, 1.165) is 22.9 Å². The van der Waals surface area contributed by atoms with Gasteiger partial charge in [-0.1, -0.05) is 30.7 Å². The summed E-state index contributed by atoms with van der Waals surface area (Å²) >= 11 is 5.91. The lowest BCUT2D eigenvalue weighted by molar-refractivity contribution is 0.0684. The van der Waals surface area contributed by atoms with Crippen molar-refractivity contribution in [2.24, 2.45) is 7.05 Å². The monoisotopic (exact) mass is 344 g/mol. The summed E-state index contributed by atoms with van der Waals surface area (Å²) in [5.74, 6) is -0.384. The molecule has 0 aliphatic heterocycles. The SMILES string of the molecule is CCc1cccc2c1c(Oc1ccc(Cl)cc1N)c(C(=O)O)n2C. The second kappa shape index (κ2) is 6.09. The van der Waals surface area contributed by atoms with Crippen molar-refractivity contribution < 1.29 is 14.6 Å². The molecule has 2 aromatic carbocycles. The lowest BCUT2D eigenvalue weighted by Gasteiger charge is -2.10. The Kier molecular flexibility index (Phi) is 4.11. The quantitative estimate of drug-likeness (QED) is 0.685. The van der Waals surface area contributed by atoms with Crippen molar-refractivity contribution in [3.05, 3.63) is 52.7 Å². The summed E-state index contributed by atoms with van der Waals surface area (Å²) in [5.41, 5.74) is 8.20. The van der Waals surface area contributed by atoms with Crippen molar-refractivity contribution in [3.8, 4) is 11.5 Å². The van der Waals surface area contributed by atoms with Crippen LogP contribution in [0.1, 0.15) is 23.0 Å². The fraction of sp³-hybridized carbons (Fsp3) is 0.167. The van der Waals surface area contributed by atoms with Gasteiger partial charge in [0.05, 0.1) is 11.2 Å². The fourth-order valence-electron chi connectivity index (χ4n) is 2.88. The Bertz CT molecular complexity index is 947. The van der Waals surface area contributed by atoms with Gasteiger partial charge >= 0.3 is 5.97 Å². The summed E-state index contributed by atoms with van der Waals surface area (Å²) in [4.78, 5) is 11.8. The summed E-state index contributed by atoms with van der Waals surface area (Å²) < 4.78 is 7.57. The van der Waals surface area contributed by atoms with E-state index in [4.69, 9.17) is 22.1 Å². The molecule has 5 nitrogen and oxygen atoms in total. The van der Waals surface area contributed by atoms with E-state index in [0.29, 0.717) is 22.2 Å². The Labute approximate surface area is 144 Å². The molecule has 0 saturated heterocycles. The summed E-state index contributed by atoms with van der Waals surface area (Å²) in [6, 6.07) is 10.6. The van der Waals surface area contributed by atoms with Gasteiger partial charge in [0.2, 0.25) is 0 Å². The number of halogens is 1. The molecule has 0 spiro atoms. The minimum Gasteiger partial charge on any atom is -0.476 e. The first-order valence-electron chi connectivity index (χ1n) is 7.50. The lowest BCUT2D eigenvalue weighted by atomic mass is 10.1. The van der Waals surface area contributed by atoms with Gasteiger partial charge in [-0.2, -0.15) is 0 Å². The van der Waals surface area contributed by atoms with Gasteiger partial charge in [0.1, 0.15) is 0 Å². The Morgan fingerprint density at radius 2 is 2.08 bits per heavy atom. The zero-order chi connectivity index (χ0) is 17.4. The van der Waals surface area contributed by atoms with Gasteiger partial charge in [0, 0.05) is 17.5 Å². The van der Waals surface area contributed by atoms with Crippen LogP contribution in [0.5, 0.6) is 11.5 Å². The number of carboxylic acid groups (broad SMARTS) is 1. The second-order valence-electron chi connectivity index (χ2n) is 5.49. The molecule has 0 unspecified atom stereocenters. The summed E-state index contributed by atoms with van der Waals surface area (Å²) in [7, 11) is 1.71. The van der Waals surface area contributed by atoms with Crippen LogP contribution in [0.25, 0.3) is 10.9 Å². The first-order chi connectivity index (χ1) is 11.4. The minimum absolute atomic E-state index is 0.0836. The largest absolute Gasteiger partial charge is 0.476 e. The zero-order valence-corrected chi connectivity index (χ0v) is 14.1. The molecule has 0 saturated carbocycles. The number of benzene rings is 2. The van der Waals surface area contributed by atoms with Crippen molar-refractivity contribution in [2.45, 2.75) is 13.3 Å². The van der Waals surface area contributed by atoms with E-state index in [1.807, 2.05) is 25.1 Å². The number of aromatic nitrogens is 1. The molecule has 6 heteroatoms. The van der Waals surface area contributed by atoms with Crippen LogP contribution in [0.15, 0.2) is 36.4 Å². The predicted octanol–water partition coefficient (Wildman–Crippen LogP) is 4.47. The summed E-state index contributed by atoms with van der Waals surface area (Å²) in [6.07, 6.45) is 0.757. The molecule has 0 atom stereocenters. The molecule has 0 amide bonds. The van der Waals surface area contributed by atoms with Crippen LogP contribution >= 0.6 is 11.6 Å². The molecule has 3 rings (SSSR count). The van der Waals surface area contributed by atoms with E-state index >= 15 is 0 Å². The van der Waals surface area contributed by atoms with Gasteiger partial charge in [-0.25, -0.2) is 4.79 Å². The highest BCUT2D eigenvalue weighted by atomic mass is 35.5. The van der Waals surface area contributed by atoms with Gasteiger partial charge in [0.15, 0.2) is 17.2 Å². The van der Waals surface area contributed by atoms with Crippen molar-refractivity contribution in [2.75, 3.05) is 5.73 Å². The standard InChI is InChI=1S/C18H17ClN2O3/c1-3-10-5-4-6-13-15(10)17(16(18(22)23)21(13)2)24-14-8-7-11(19)9-12(14)20/h4-9H,3,20H2,1-2H3,(H,22,23). The highest BCUT2D eigenvalue weighted by Gasteiger charge is 2.24. The average Bonchev–Trinajstić information content (AvgIpc) is 2.83. The molecule has 3 N–H and O–H groups in total. The molecule has 124 valence electrons. The fourth-order valence-corrected chi connectivity index (χ4v) is 3.06. The van der Waals surface area contributed by atoms with Crippen LogP contribution in [0.2, 0.25) is 5.02 Å². The van der Waals surface area contributed by atoms with E-state index in [1.165, 1.54) is 0 Å². The zero-order valence-electron chi connectivity index (χ0n) is 13.3. The van der Waals surface area contributed by atoms with E-state index in [-0.39, 0.29) is 5.69 Å². The van der Waals surface area contributed by atoms with Gasteiger partial charge in [0.25, 0.3) is 0 Å². The number of rotatable bonds is 4. The highest BCUT2D eigenvalue weighted by molar-refractivity contribution is 6.30. The molecule has 0 fully saturated rings. The number of carboxylic acids is 1. The van der Waals surface area contributed by atoms with Crippen molar-refractivity contribution >= 4 is 34.2 Å². The Balaban J connectivity index is 2.28. The molecular formula is C18H17ClN2O3. The number of aromatic carboxylic acids is 1. The number of hydrogen-bond acceptors (Lipinski definition) is 3. The van der Waals surface area contributed by atoms with Gasteiger partial charge in [-0.15, -0.1) is 0 Å². The number of ether oxygens (including phenoxy) is 1. The molecule has 1 heterocycles. The normalized spacial score (nSPS) is 11.0. The topological polar surface area (TPSA) is 77.5 Å². The molecule has 0 radical (unpaired) electrons. The third-order valence-electron chi connectivity index (χ3n) is 4.03. The van der Waals surface area contributed by atoms with Crippen LogP contribution in [0, 0.1) is 0 Å². The summed E-state index contributed by atoms with van der Waals surface area (Å²) in [5, 5.41) is 10.9. The maximum atomic E-state index is 11.8. The number of nitrogens with zero attached hydrogens (tertiary/aromatic N) is 1. The van der Waals surface area contributed by atoms with Gasteiger partial charge < -0.3 is 20.1 Å². The molecule has 24 heavy (non-hydrogen) atoms. The molecule has 1 aromatic heterocycles. The van der Waals surface area contributed by atoms with Crippen molar-refractivity contribution in [1.29, 1.82) is 0 Å². The molecular weight excluding hydrogens is 328 g/mol. The predicted molar refractivity (Wildman–Crippen MR) is 95.2 cm³/mol. The lowest BCUT2D eigenvalue weighted by Crippen LogP contribution is -2.06. The van der Waals surface area contributed by atoms with E-state index in [9.17, 15) is 9.90 Å². The van der Waals surface area contributed by atoms with Crippen molar-refractivity contribution in [3.63, 3.8) is 0 Å². The van der Waals surface area contributed by atoms with Crippen LogP contribution in [0.3, 0.4) is 0 Å². The minimum atomic E-state index is -1.06. The molecule has 0 aliphatic rings. The first-order valence-corrected chi connectivity index (χ1v) is 7.88. The van der Waals surface area contributed by atoms with Crippen LogP contribution in [-0.4, -0.2) is 15.6 Å². The third-order valence-corrected chi connectivity index (χ3v) is 4.27. The molecule has 0 bridgehead atoms. The highest BCUT2D eigenvalue weighted by Crippen LogP contribution is 2.40. The number of fused-ring (bicyclic) bond motifs is 1. The Morgan fingerprint density at radius 1 is 1.33 bits per heavy atom.